The number of likely N-dealkylation sites (tertiary alicyclic amines) is 1. The van der Waals surface area contributed by atoms with E-state index < -0.39 is 12.1 Å². The Labute approximate surface area is 217 Å². The van der Waals surface area contributed by atoms with Crippen molar-refractivity contribution in [3.05, 3.63) is 71.3 Å². The summed E-state index contributed by atoms with van der Waals surface area (Å²) in [5.74, 6) is -0.677. The number of alkyl halides is 3. The van der Waals surface area contributed by atoms with E-state index in [0.29, 0.717) is 23.8 Å². The number of carbonyl (C=O) groups is 2. The Hall–Kier alpha value is -4.02. The fourth-order valence-corrected chi connectivity index (χ4v) is 4.53. The van der Waals surface area contributed by atoms with Gasteiger partial charge in [-0.1, -0.05) is 12.1 Å². The van der Waals surface area contributed by atoms with Gasteiger partial charge in [-0.2, -0.15) is 13.2 Å². The number of halogens is 3. The lowest BCUT2D eigenvalue weighted by atomic mass is 9.99. The summed E-state index contributed by atoms with van der Waals surface area (Å²) in [6, 6.07) is 11.9. The first-order chi connectivity index (χ1) is 18.1. The molecule has 0 spiro atoms. The first kappa shape index (κ1) is 27.0. The Balaban J connectivity index is 0.000000426. The molecule has 3 aromatic rings. The predicted molar refractivity (Wildman–Crippen MR) is 132 cm³/mol. The van der Waals surface area contributed by atoms with E-state index in [4.69, 9.17) is 19.4 Å². The van der Waals surface area contributed by atoms with Crippen LogP contribution in [0.4, 0.5) is 13.2 Å². The maximum atomic E-state index is 12.9. The van der Waals surface area contributed by atoms with Gasteiger partial charge in [-0.05, 0) is 61.6 Å². The van der Waals surface area contributed by atoms with Gasteiger partial charge >= 0.3 is 12.1 Å². The van der Waals surface area contributed by atoms with Crippen molar-refractivity contribution in [2.75, 3.05) is 26.8 Å². The first-order valence-corrected chi connectivity index (χ1v) is 12.1. The number of carboxylic acids is 1. The molecule has 1 aromatic heterocycles. The number of benzene rings is 2. The number of carbonyl (C=O) groups excluding carboxylic acids is 1. The molecule has 11 heteroatoms. The quantitative estimate of drug-likeness (QED) is 0.505. The van der Waals surface area contributed by atoms with Crippen LogP contribution >= 0.6 is 0 Å². The molecule has 1 fully saturated rings. The first-order valence-electron chi connectivity index (χ1n) is 12.1. The number of amides is 1. The molecule has 2 aliphatic rings. The second-order valence-corrected chi connectivity index (χ2v) is 9.25. The molecule has 5 rings (SSSR count). The number of hydrogen-bond donors (Lipinski definition) is 1. The average molecular weight is 532 g/mol. The summed E-state index contributed by atoms with van der Waals surface area (Å²) in [5.41, 5.74) is 5.22. The molecule has 202 valence electrons. The van der Waals surface area contributed by atoms with E-state index in [1.807, 2.05) is 40.8 Å². The molecule has 1 aliphatic carbocycles. The van der Waals surface area contributed by atoms with Crippen molar-refractivity contribution in [2.45, 2.75) is 32.4 Å². The van der Waals surface area contributed by atoms with Crippen molar-refractivity contribution >= 4 is 11.9 Å². The van der Waals surface area contributed by atoms with Crippen LogP contribution in [-0.2, 0) is 17.6 Å². The van der Waals surface area contributed by atoms with E-state index in [-0.39, 0.29) is 5.91 Å². The van der Waals surface area contributed by atoms with Crippen LogP contribution in [0.15, 0.2) is 48.9 Å². The Kier molecular flexibility index (Phi) is 7.94. The number of imidazole rings is 1. The minimum Gasteiger partial charge on any atom is -0.495 e. The number of methoxy groups -OCH3 is 1. The van der Waals surface area contributed by atoms with Crippen LogP contribution in [0.25, 0.3) is 5.69 Å². The average Bonchev–Trinajstić information content (AvgIpc) is 3.51. The highest BCUT2D eigenvalue weighted by atomic mass is 19.4. The second kappa shape index (κ2) is 11.2. The molecule has 1 N–H and O–H groups in total. The predicted octanol–water partition coefficient (Wildman–Crippen LogP) is 4.46. The van der Waals surface area contributed by atoms with E-state index in [2.05, 4.69) is 23.2 Å². The molecule has 2 heterocycles. The molecule has 8 nitrogen and oxygen atoms in total. The Morgan fingerprint density at radius 2 is 1.87 bits per heavy atom. The van der Waals surface area contributed by atoms with Gasteiger partial charge in [-0.25, -0.2) is 9.78 Å². The van der Waals surface area contributed by atoms with Crippen molar-refractivity contribution < 1.29 is 37.3 Å². The van der Waals surface area contributed by atoms with Gasteiger partial charge in [-0.3, -0.25) is 4.79 Å². The van der Waals surface area contributed by atoms with Crippen LogP contribution in [0.3, 0.4) is 0 Å². The number of carboxylic acid groups (broad SMARTS) is 1. The van der Waals surface area contributed by atoms with Crippen molar-refractivity contribution in [1.82, 2.24) is 14.5 Å². The number of fused-ring (bicyclic) bond motifs is 1. The summed E-state index contributed by atoms with van der Waals surface area (Å²) in [6.45, 7) is 4.04. The molecule has 1 aliphatic heterocycles. The monoisotopic (exact) mass is 531 g/mol. The largest absolute Gasteiger partial charge is 0.495 e. The Morgan fingerprint density at radius 3 is 2.50 bits per heavy atom. The van der Waals surface area contributed by atoms with Gasteiger partial charge in [0.05, 0.1) is 31.4 Å². The number of hydrogen-bond acceptors (Lipinski definition) is 5. The molecule has 38 heavy (non-hydrogen) atoms. The van der Waals surface area contributed by atoms with Crippen LogP contribution in [0.2, 0.25) is 0 Å². The summed E-state index contributed by atoms with van der Waals surface area (Å²) in [4.78, 5) is 28.0. The second-order valence-electron chi connectivity index (χ2n) is 9.25. The van der Waals surface area contributed by atoms with Crippen LogP contribution in [0.5, 0.6) is 11.5 Å². The van der Waals surface area contributed by atoms with Crippen LogP contribution in [-0.4, -0.2) is 64.4 Å². The van der Waals surface area contributed by atoms with Crippen LogP contribution in [0, 0.1) is 12.8 Å². The lowest BCUT2D eigenvalue weighted by Crippen LogP contribution is -2.52. The van der Waals surface area contributed by atoms with Crippen molar-refractivity contribution in [2.24, 2.45) is 5.92 Å². The standard InChI is InChI=1S/C25H27N3O3.C2HF3O2/c1-17-12-28(16-26-17)22-10-9-20(11-24(22)30-2)25(29)27-13-18(14-27)15-31-23-8-4-6-19-5-3-7-21(19)23;3-2(4,5)1(6)7/h4,6,8-12,16,18H,3,5,7,13-15H2,1-2H3;(H,6,7). The van der Waals surface area contributed by atoms with Gasteiger partial charge in [0.15, 0.2) is 0 Å². The van der Waals surface area contributed by atoms with E-state index in [0.717, 1.165) is 43.1 Å². The van der Waals surface area contributed by atoms with Crippen LogP contribution < -0.4 is 9.47 Å². The fourth-order valence-electron chi connectivity index (χ4n) is 4.53. The Bertz CT molecular complexity index is 1320. The summed E-state index contributed by atoms with van der Waals surface area (Å²) < 4.78 is 45.3. The molecular formula is C27H28F3N3O5. The molecule has 0 unspecified atom stereocenters. The summed E-state index contributed by atoms with van der Waals surface area (Å²) in [7, 11) is 1.62. The van der Waals surface area contributed by atoms with Gasteiger partial charge < -0.3 is 24.0 Å². The van der Waals surface area contributed by atoms with Gasteiger partial charge in [0.1, 0.15) is 11.5 Å². The topological polar surface area (TPSA) is 93.9 Å². The highest BCUT2D eigenvalue weighted by Crippen LogP contribution is 2.32. The zero-order chi connectivity index (χ0) is 27.4. The summed E-state index contributed by atoms with van der Waals surface area (Å²) in [5, 5.41) is 7.12. The highest BCUT2D eigenvalue weighted by Gasteiger charge is 2.38. The summed E-state index contributed by atoms with van der Waals surface area (Å²) in [6.07, 6.45) is 2.07. The van der Waals surface area contributed by atoms with Crippen LogP contribution in [0.1, 0.15) is 33.6 Å². The third-order valence-electron chi connectivity index (χ3n) is 6.48. The van der Waals surface area contributed by atoms with Crippen molar-refractivity contribution in [3.63, 3.8) is 0 Å². The SMILES string of the molecule is COc1cc(C(=O)N2CC(COc3cccc4c3CCC4)C2)ccc1-n1cnc(C)c1.O=C(O)C(F)(F)F. The molecule has 0 atom stereocenters. The minimum atomic E-state index is -5.08. The number of ether oxygens (including phenoxy) is 2. The highest BCUT2D eigenvalue weighted by molar-refractivity contribution is 5.95. The third-order valence-corrected chi connectivity index (χ3v) is 6.48. The Morgan fingerprint density at radius 1 is 1.13 bits per heavy atom. The molecule has 1 saturated heterocycles. The number of aryl methyl sites for hydroxylation is 2. The zero-order valence-electron chi connectivity index (χ0n) is 21.0. The number of aromatic nitrogens is 2. The van der Waals surface area contributed by atoms with E-state index >= 15 is 0 Å². The van der Waals surface area contributed by atoms with E-state index in [1.165, 1.54) is 17.5 Å². The fraction of sp³-hybridized carbons (Fsp3) is 0.370. The van der Waals surface area contributed by atoms with E-state index in [9.17, 15) is 18.0 Å². The number of rotatable bonds is 6. The number of aliphatic carboxylic acids is 1. The molecule has 1 amide bonds. The molecule has 0 saturated carbocycles. The van der Waals surface area contributed by atoms with Gasteiger partial charge in [-0.15, -0.1) is 0 Å². The maximum Gasteiger partial charge on any atom is 0.490 e. The summed E-state index contributed by atoms with van der Waals surface area (Å²) >= 11 is 0. The lowest BCUT2D eigenvalue weighted by Gasteiger charge is -2.39. The smallest absolute Gasteiger partial charge is 0.490 e. The lowest BCUT2D eigenvalue weighted by molar-refractivity contribution is -0.192. The zero-order valence-corrected chi connectivity index (χ0v) is 21.0. The number of nitrogens with zero attached hydrogens (tertiary/aromatic N) is 3. The normalized spacial score (nSPS) is 14.7. The molecular weight excluding hydrogens is 503 g/mol. The van der Waals surface area contributed by atoms with Crippen molar-refractivity contribution in [1.29, 1.82) is 0 Å². The molecule has 2 aromatic carbocycles. The van der Waals surface area contributed by atoms with Gasteiger partial charge in [0.25, 0.3) is 5.91 Å². The molecule has 0 radical (unpaired) electrons. The molecule has 0 bridgehead atoms. The van der Waals surface area contributed by atoms with Crippen molar-refractivity contribution in [3.8, 4) is 17.2 Å². The third kappa shape index (κ3) is 6.09. The van der Waals surface area contributed by atoms with Gasteiger partial charge in [0.2, 0.25) is 0 Å². The van der Waals surface area contributed by atoms with E-state index in [1.54, 1.807) is 13.4 Å². The maximum absolute atomic E-state index is 12.9. The van der Waals surface area contributed by atoms with Gasteiger partial charge in [0, 0.05) is 30.8 Å². The minimum absolute atomic E-state index is 0.0310.